The Morgan fingerprint density at radius 3 is 3.16 bits per heavy atom. The van der Waals surface area contributed by atoms with Crippen molar-refractivity contribution < 1.29 is 9.21 Å². The highest BCUT2D eigenvalue weighted by Gasteiger charge is 2.27. The van der Waals surface area contributed by atoms with Crippen LogP contribution in [0.2, 0.25) is 0 Å². The van der Waals surface area contributed by atoms with Gasteiger partial charge in [-0.3, -0.25) is 14.9 Å². The molecular formula is C18H19N5O2. The number of carbonyl (C=O) groups is 1. The summed E-state index contributed by atoms with van der Waals surface area (Å²) >= 11 is 0. The molecule has 0 bridgehead atoms. The normalized spacial score (nSPS) is 13.7. The van der Waals surface area contributed by atoms with Gasteiger partial charge in [0, 0.05) is 31.1 Å². The summed E-state index contributed by atoms with van der Waals surface area (Å²) in [5.74, 6) is 1.32. The van der Waals surface area contributed by atoms with Crippen molar-refractivity contribution in [1.29, 1.82) is 0 Å². The number of H-pyrrole nitrogens is 1. The van der Waals surface area contributed by atoms with Crippen LogP contribution in [0, 0.1) is 0 Å². The molecular weight excluding hydrogens is 318 g/mol. The van der Waals surface area contributed by atoms with E-state index in [2.05, 4.69) is 27.1 Å². The highest BCUT2D eigenvalue weighted by Crippen LogP contribution is 2.26. The van der Waals surface area contributed by atoms with Crippen LogP contribution in [-0.4, -0.2) is 37.5 Å². The smallest absolute Gasteiger partial charge is 0.274 e. The number of pyridine rings is 1. The van der Waals surface area contributed by atoms with Crippen molar-refractivity contribution in [3.63, 3.8) is 0 Å². The van der Waals surface area contributed by atoms with Gasteiger partial charge in [0.1, 0.15) is 17.1 Å². The number of nitrogens with one attached hydrogen (secondary N) is 1. The third kappa shape index (κ3) is 3.05. The van der Waals surface area contributed by atoms with Gasteiger partial charge in [-0.2, -0.15) is 5.10 Å². The van der Waals surface area contributed by atoms with Gasteiger partial charge in [-0.25, -0.2) is 4.98 Å². The topological polar surface area (TPSA) is 87.9 Å². The van der Waals surface area contributed by atoms with Crippen molar-refractivity contribution in [2.24, 2.45) is 0 Å². The van der Waals surface area contributed by atoms with E-state index in [0.717, 1.165) is 35.6 Å². The molecule has 1 aliphatic rings. The standard InChI is InChI=1S/C18H19N5O2/c1-2-4-13-9-14(22-21-13)18(24)23-8-6-16-15(11-23)20-17(25-16)12-5-3-7-19-10-12/h3,5,7,9-10H,2,4,6,8,11H2,1H3,(H,21,22). The summed E-state index contributed by atoms with van der Waals surface area (Å²) in [6.45, 7) is 3.14. The number of aromatic nitrogens is 4. The van der Waals surface area contributed by atoms with Crippen LogP contribution in [0.25, 0.3) is 11.5 Å². The first-order valence-corrected chi connectivity index (χ1v) is 8.47. The number of aryl methyl sites for hydroxylation is 1. The molecule has 0 saturated heterocycles. The monoisotopic (exact) mass is 337 g/mol. The first-order chi connectivity index (χ1) is 12.2. The highest BCUT2D eigenvalue weighted by molar-refractivity contribution is 5.92. The Bertz CT molecular complexity index is 884. The minimum atomic E-state index is -0.0739. The largest absolute Gasteiger partial charge is 0.441 e. The molecule has 1 aliphatic heterocycles. The number of nitrogens with zero attached hydrogens (tertiary/aromatic N) is 4. The fourth-order valence-electron chi connectivity index (χ4n) is 3.02. The molecule has 7 heteroatoms. The number of hydrogen-bond acceptors (Lipinski definition) is 5. The first kappa shape index (κ1) is 15.6. The second-order valence-electron chi connectivity index (χ2n) is 6.14. The van der Waals surface area contributed by atoms with E-state index in [9.17, 15) is 4.79 Å². The number of carbonyl (C=O) groups excluding carboxylic acids is 1. The highest BCUT2D eigenvalue weighted by atomic mass is 16.4. The molecule has 1 N–H and O–H groups in total. The maximum Gasteiger partial charge on any atom is 0.274 e. The molecule has 4 heterocycles. The molecule has 0 aromatic carbocycles. The molecule has 7 nitrogen and oxygen atoms in total. The van der Waals surface area contributed by atoms with E-state index in [1.54, 1.807) is 17.3 Å². The fourth-order valence-corrected chi connectivity index (χ4v) is 3.02. The Labute approximate surface area is 145 Å². The van der Waals surface area contributed by atoms with Crippen LogP contribution < -0.4 is 0 Å². The van der Waals surface area contributed by atoms with E-state index >= 15 is 0 Å². The number of aromatic amines is 1. The van der Waals surface area contributed by atoms with E-state index in [4.69, 9.17) is 4.42 Å². The molecule has 0 aliphatic carbocycles. The second-order valence-corrected chi connectivity index (χ2v) is 6.14. The number of oxazole rings is 1. The molecule has 0 atom stereocenters. The number of hydrogen-bond donors (Lipinski definition) is 1. The molecule has 0 saturated carbocycles. The summed E-state index contributed by atoms with van der Waals surface area (Å²) in [5, 5.41) is 7.08. The van der Waals surface area contributed by atoms with Gasteiger partial charge in [0.05, 0.1) is 12.1 Å². The second kappa shape index (κ2) is 6.51. The van der Waals surface area contributed by atoms with Gasteiger partial charge < -0.3 is 9.32 Å². The zero-order valence-electron chi connectivity index (χ0n) is 14.0. The summed E-state index contributed by atoms with van der Waals surface area (Å²) in [5.41, 5.74) is 3.10. The predicted octanol–water partition coefficient (Wildman–Crippen LogP) is 2.61. The maximum atomic E-state index is 12.7. The van der Waals surface area contributed by atoms with E-state index in [1.165, 1.54) is 0 Å². The fraction of sp³-hybridized carbons (Fsp3) is 0.333. The van der Waals surface area contributed by atoms with Crippen LogP contribution >= 0.6 is 0 Å². The molecule has 0 radical (unpaired) electrons. The number of fused-ring (bicyclic) bond motifs is 1. The molecule has 0 spiro atoms. The summed E-state index contributed by atoms with van der Waals surface area (Å²) < 4.78 is 5.85. The van der Waals surface area contributed by atoms with E-state index in [-0.39, 0.29) is 5.91 Å². The van der Waals surface area contributed by atoms with Gasteiger partial charge in [0.25, 0.3) is 5.91 Å². The molecule has 0 unspecified atom stereocenters. The number of amides is 1. The Morgan fingerprint density at radius 1 is 1.44 bits per heavy atom. The van der Waals surface area contributed by atoms with Crippen LogP contribution in [0.1, 0.15) is 41.0 Å². The quantitative estimate of drug-likeness (QED) is 0.790. The summed E-state index contributed by atoms with van der Waals surface area (Å²) in [4.78, 5) is 23.1. The lowest BCUT2D eigenvalue weighted by Gasteiger charge is -2.24. The first-order valence-electron chi connectivity index (χ1n) is 8.47. The molecule has 128 valence electrons. The van der Waals surface area contributed by atoms with Gasteiger partial charge in [-0.05, 0) is 24.6 Å². The van der Waals surface area contributed by atoms with Crippen LogP contribution in [0.4, 0.5) is 0 Å². The molecule has 3 aromatic rings. The summed E-state index contributed by atoms with van der Waals surface area (Å²) in [7, 11) is 0. The minimum absolute atomic E-state index is 0.0739. The van der Waals surface area contributed by atoms with Crippen LogP contribution in [0.15, 0.2) is 35.0 Å². The van der Waals surface area contributed by atoms with Crippen LogP contribution in [-0.2, 0) is 19.4 Å². The van der Waals surface area contributed by atoms with E-state index < -0.39 is 0 Å². The molecule has 1 amide bonds. The average molecular weight is 337 g/mol. The van der Waals surface area contributed by atoms with E-state index in [1.807, 2.05) is 18.2 Å². The minimum Gasteiger partial charge on any atom is -0.441 e. The molecule has 3 aromatic heterocycles. The van der Waals surface area contributed by atoms with Gasteiger partial charge in [-0.1, -0.05) is 13.3 Å². The molecule has 4 rings (SSSR count). The number of rotatable bonds is 4. The van der Waals surface area contributed by atoms with Crippen molar-refractivity contribution in [3.05, 3.63) is 53.4 Å². The zero-order chi connectivity index (χ0) is 17.2. The van der Waals surface area contributed by atoms with Crippen molar-refractivity contribution in [2.45, 2.75) is 32.7 Å². The van der Waals surface area contributed by atoms with Gasteiger partial charge in [0.2, 0.25) is 5.89 Å². The van der Waals surface area contributed by atoms with Crippen LogP contribution in [0.3, 0.4) is 0 Å². The molecule has 25 heavy (non-hydrogen) atoms. The Balaban J connectivity index is 1.52. The van der Waals surface area contributed by atoms with E-state index in [0.29, 0.717) is 31.1 Å². The lowest BCUT2D eigenvalue weighted by Crippen LogP contribution is -2.36. The Hall–Kier alpha value is -2.96. The lowest BCUT2D eigenvalue weighted by molar-refractivity contribution is 0.0722. The third-order valence-electron chi connectivity index (χ3n) is 4.29. The zero-order valence-corrected chi connectivity index (χ0v) is 14.0. The SMILES string of the molecule is CCCc1cc(C(=O)N2CCc3oc(-c4cccnc4)nc3C2)n[nH]1. The molecule has 0 fully saturated rings. The van der Waals surface area contributed by atoms with Crippen molar-refractivity contribution >= 4 is 5.91 Å². The third-order valence-corrected chi connectivity index (χ3v) is 4.29. The van der Waals surface area contributed by atoms with Gasteiger partial charge >= 0.3 is 0 Å². The lowest BCUT2D eigenvalue weighted by atomic mass is 10.1. The Morgan fingerprint density at radius 2 is 2.36 bits per heavy atom. The van der Waals surface area contributed by atoms with Gasteiger partial charge in [0.15, 0.2) is 0 Å². The van der Waals surface area contributed by atoms with Crippen molar-refractivity contribution in [2.75, 3.05) is 6.54 Å². The van der Waals surface area contributed by atoms with Gasteiger partial charge in [-0.15, -0.1) is 0 Å². The summed E-state index contributed by atoms with van der Waals surface area (Å²) in [6.07, 6.45) is 5.99. The average Bonchev–Trinajstić information content (AvgIpc) is 3.28. The van der Waals surface area contributed by atoms with Crippen molar-refractivity contribution in [1.82, 2.24) is 25.1 Å². The van der Waals surface area contributed by atoms with Crippen LogP contribution in [0.5, 0.6) is 0 Å². The van der Waals surface area contributed by atoms with Crippen molar-refractivity contribution in [3.8, 4) is 11.5 Å². The Kier molecular flexibility index (Phi) is 4.05. The predicted molar refractivity (Wildman–Crippen MR) is 90.8 cm³/mol. The summed E-state index contributed by atoms with van der Waals surface area (Å²) in [6, 6.07) is 5.59. The maximum absolute atomic E-state index is 12.7.